The minimum absolute atomic E-state index is 0. The fourth-order valence-electron chi connectivity index (χ4n) is 3.76. The molecule has 28 heavy (non-hydrogen) atoms. The molecule has 1 spiro atoms. The van der Waals surface area contributed by atoms with Crippen LogP contribution in [0.25, 0.3) is 0 Å². The number of hydrogen-bond donors (Lipinski definition) is 2. The topological polar surface area (TPSA) is 66.0 Å². The summed E-state index contributed by atoms with van der Waals surface area (Å²) in [5, 5.41) is 6.34. The van der Waals surface area contributed by atoms with Gasteiger partial charge in [-0.1, -0.05) is 15.9 Å². The Morgan fingerprint density at radius 2 is 2.21 bits per heavy atom. The van der Waals surface area contributed by atoms with E-state index in [4.69, 9.17) is 9.73 Å². The number of carbonyl (C=O) groups is 1. The first kappa shape index (κ1) is 23.4. The average molecular weight is 565 g/mol. The zero-order valence-electron chi connectivity index (χ0n) is 16.6. The molecule has 3 rings (SSSR count). The maximum atomic E-state index is 12.3. The molecule has 156 valence electrons. The fraction of sp³-hybridized carbons (Fsp3) is 0.600. The van der Waals surface area contributed by atoms with Gasteiger partial charge in [0.1, 0.15) is 0 Å². The minimum atomic E-state index is -0.0119. The molecular weight excluding hydrogens is 535 g/mol. The highest BCUT2D eigenvalue weighted by molar-refractivity contribution is 14.0. The lowest BCUT2D eigenvalue weighted by Gasteiger charge is -2.24. The van der Waals surface area contributed by atoms with Crippen LogP contribution in [0.15, 0.2) is 27.7 Å². The van der Waals surface area contributed by atoms with E-state index in [0.29, 0.717) is 18.4 Å². The Balaban J connectivity index is 0.00000280. The first-order valence-electron chi connectivity index (χ1n) is 9.68. The Morgan fingerprint density at radius 1 is 1.39 bits per heavy atom. The number of benzene rings is 1. The number of amides is 1. The van der Waals surface area contributed by atoms with Crippen LogP contribution < -0.4 is 10.6 Å². The highest BCUT2D eigenvalue weighted by Gasteiger charge is 2.42. The van der Waals surface area contributed by atoms with Gasteiger partial charge in [-0.15, -0.1) is 24.0 Å². The van der Waals surface area contributed by atoms with E-state index in [2.05, 4.69) is 38.4 Å². The molecule has 2 aliphatic rings. The van der Waals surface area contributed by atoms with E-state index in [0.717, 1.165) is 67.4 Å². The van der Waals surface area contributed by atoms with Crippen LogP contribution in [0.2, 0.25) is 0 Å². The molecule has 1 amide bonds. The highest BCUT2D eigenvalue weighted by Crippen LogP contribution is 2.38. The second-order valence-electron chi connectivity index (χ2n) is 7.47. The predicted octanol–water partition coefficient (Wildman–Crippen LogP) is 3.78. The van der Waals surface area contributed by atoms with Gasteiger partial charge in [0.05, 0.1) is 13.2 Å². The normalized spacial score (nSPS) is 21.7. The molecule has 2 fully saturated rings. The van der Waals surface area contributed by atoms with E-state index in [1.54, 1.807) is 0 Å². The Bertz CT molecular complexity index is 707. The van der Waals surface area contributed by atoms with E-state index in [1.807, 2.05) is 25.1 Å². The lowest BCUT2D eigenvalue weighted by molar-refractivity contribution is -0.116. The van der Waals surface area contributed by atoms with Crippen LogP contribution in [0.5, 0.6) is 0 Å². The number of guanidine groups is 1. The van der Waals surface area contributed by atoms with Crippen molar-refractivity contribution in [3.05, 3.63) is 28.2 Å². The quantitative estimate of drug-likeness (QED) is 0.324. The average Bonchev–Trinajstić information content (AvgIpc) is 3.27. The summed E-state index contributed by atoms with van der Waals surface area (Å²) < 4.78 is 6.62. The third-order valence-electron chi connectivity index (χ3n) is 5.32. The lowest BCUT2D eigenvalue weighted by Crippen LogP contribution is -2.41. The molecule has 2 heterocycles. The standard InChI is InChI=1S/C20H29BrN4O2.HI/c1-3-22-19(25-10-7-20(13-25)8-11-27-14-20)23-9-6-18(26)24-17-5-4-16(21)12-15(17)2;/h4-5,12H,3,6-11,13-14H2,1-2H3,(H,22,23)(H,24,26);1H. The molecule has 2 aliphatic heterocycles. The van der Waals surface area contributed by atoms with Crippen LogP contribution in [0.3, 0.4) is 0 Å². The molecule has 1 unspecified atom stereocenters. The monoisotopic (exact) mass is 564 g/mol. The largest absolute Gasteiger partial charge is 0.381 e. The van der Waals surface area contributed by atoms with Crippen LogP contribution >= 0.6 is 39.9 Å². The first-order valence-corrected chi connectivity index (χ1v) is 10.5. The number of halogens is 2. The van der Waals surface area contributed by atoms with Gasteiger partial charge >= 0.3 is 0 Å². The molecule has 0 radical (unpaired) electrons. The van der Waals surface area contributed by atoms with Crippen LogP contribution in [0, 0.1) is 12.3 Å². The van der Waals surface area contributed by atoms with Gasteiger partial charge in [-0.25, -0.2) is 0 Å². The third-order valence-corrected chi connectivity index (χ3v) is 5.81. The summed E-state index contributed by atoms with van der Waals surface area (Å²) in [7, 11) is 0. The van der Waals surface area contributed by atoms with Gasteiger partial charge in [-0.2, -0.15) is 0 Å². The van der Waals surface area contributed by atoms with Gasteiger partial charge in [0, 0.05) is 48.2 Å². The Morgan fingerprint density at radius 3 is 2.89 bits per heavy atom. The van der Waals surface area contributed by atoms with Gasteiger partial charge in [0.15, 0.2) is 5.96 Å². The molecule has 0 aromatic heterocycles. The molecule has 2 saturated heterocycles. The van der Waals surface area contributed by atoms with Crippen molar-refractivity contribution in [2.45, 2.75) is 33.1 Å². The number of hydrogen-bond acceptors (Lipinski definition) is 3. The van der Waals surface area contributed by atoms with Crippen molar-refractivity contribution in [3.8, 4) is 0 Å². The Kier molecular flexibility index (Phi) is 9.01. The summed E-state index contributed by atoms with van der Waals surface area (Å²) in [4.78, 5) is 19.3. The molecule has 1 aromatic rings. The van der Waals surface area contributed by atoms with Crippen molar-refractivity contribution < 1.29 is 9.53 Å². The minimum Gasteiger partial charge on any atom is -0.381 e. The Hall–Kier alpha value is -0.870. The summed E-state index contributed by atoms with van der Waals surface area (Å²) in [5.74, 6) is 0.899. The van der Waals surface area contributed by atoms with Gasteiger partial charge in [0.2, 0.25) is 5.91 Å². The van der Waals surface area contributed by atoms with E-state index in [1.165, 1.54) is 0 Å². The molecule has 1 aromatic carbocycles. The zero-order valence-corrected chi connectivity index (χ0v) is 20.5. The molecule has 8 heteroatoms. The molecule has 2 N–H and O–H groups in total. The highest BCUT2D eigenvalue weighted by atomic mass is 127. The van der Waals surface area contributed by atoms with Gasteiger partial charge in [-0.05, 0) is 50.5 Å². The molecule has 6 nitrogen and oxygen atoms in total. The molecular formula is C20H30BrIN4O2. The van der Waals surface area contributed by atoms with Crippen molar-refractivity contribution in [1.82, 2.24) is 10.2 Å². The number of likely N-dealkylation sites (tertiary alicyclic amines) is 1. The van der Waals surface area contributed by atoms with Crippen molar-refractivity contribution in [1.29, 1.82) is 0 Å². The number of carbonyl (C=O) groups excluding carboxylic acids is 1. The lowest BCUT2D eigenvalue weighted by atomic mass is 9.87. The van der Waals surface area contributed by atoms with Crippen molar-refractivity contribution in [2.75, 3.05) is 44.7 Å². The van der Waals surface area contributed by atoms with Crippen LogP contribution in [0.4, 0.5) is 5.69 Å². The van der Waals surface area contributed by atoms with E-state index < -0.39 is 0 Å². The second-order valence-corrected chi connectivity index (χ2v) is 8.38. The first-order chi connectivity index (χ1) is 13.0. The van der Waals surface area contributed by atoms with Gasteiger partial charge in [0.25, 0.3) is 0 Å². The van der Waals surface area contributed by atoms with Crippen LogP contribution in [0.1, 0.15) is 31.7 Å². The summed E-state index contributed by atoms with van der Waals surface area (Å²) in [6.07, 6.45) is 2.66. The van der Waals surface area contributed by atoms with Gasteiger partial charge < -0.3 is 20.3 Å². The predicted molar refractivity (Wildman–Crippen MR) is 128 cm³/mol. The van der Waals surface area contributed by atoms with E-state index >= 15 is 0 Å². The number of rotatable bonds is 5. The van der Waals surface area contributed by atoms with Crippen LogP contribution in [-0.2, 0) is 9.53 Å². The number of nitrogens with zero attached hydrogens (tertiary/aromatic N) is 2. The number of aliphatic imine (C=N–C) groups is 1. The molecule has 0 saturated carbocycles. The van der Waals surface area contributed by atoms with Gasteiger partial charge in [-0.3, -0.25) is 9.79 Å². The second kappa shape index (κ2) is 10.8. The molecule has 1 atom stereocenters. The maximum absolute atomic E-state index is 12.3. The summed E-state index contributed by atoms with van der Waals surface area (Å²) in [6, 6.07) is 5.84. The molecule has 0 bridgehead atoms. The van der Waals surface area contributed by atoms with Crippen LogP contribution in [-0.4, -0.2) is 56.2 Å². The summed E-state index contributed by atoms with van der Waals surface area (Å²) >= 11 is 3.44. The zero-order chi connectivity index (χ0) is 19.3. The van der Waals surface area contributed by atoms with Crippen molar-refractivity contribution in [2.24, 2.45) is 10.4 Å². The summed E-state index contributed by atoms with van der Waals surface area (Å²) in [5.41, 5.74) is 2.18. The van der Waals surface area contributed by atoms with Crippen molar-refractivity contribution in [3.63, 3.8) is 0 Å². The number of aryl methyl sites for hydroxylation is 1. The summed E-state index contributed by atoms with van der Waals surface area (Å²) in [6.45, 7) is 9.07. The third kappa shape index (κ3) is 6.06. The van der Waals surface area contributed by atoms with E-state index in [-0.39, 0.29) is 29.9 Å². The fourth-order valence-corrected chi connectivity index (χ4v) is 4.23. The van der Waals surface area contributed by atoms with Crippen molar-refractivity contribution >= 4 is 57.5 Å². The molecule has 0 aliphatic carbocycles. The number of ether oxygens (including phenoxy) is 1. The number of anilines is 1. The smallest absolute Gasteiger partial charge is 0.226 e. The Labute approximate surface area is 193 Å². The maximum Gasteiger partial charge on any atom is 0.226 e. The SMILES string of the molecule is CCNC(=NCCC(=O)Nc1ccc(Br)cc1C)N1CCC2(CCOC2)C1.I. The number of nitrogens with one attached hydrogen (secondary N) is 2. The van der Waals surface area contributed by atoms with E-state index in [9.17, 15) is 4.79 Å².